The fraction of sp³-hybridized carbons (Fsp3) is 0.667. The van der Waals surface area contributed by atoms with Crippen LogP contribution in [0.25, 0.3) is 0 Å². The summed E-state index contributed by atoms with van der Waals surface area (Å²) >= 11 is 17.4. The Bertz CT molecular complexity index is 546. The summed E-state index contributed by atoms with van der Waals surface area (Å²) in [6, 6.07) is 2.47. The summed E-state index contributed by atoms with van der Waals surface area (Å²) in [7, 11) is 15.8. The van der Waals surface area contributed by atoms with Crippen LogP contribution in [0.1, 0.15) is 7.43 Å². The molecule has 31 heavy (non-hydrogen) atoms. The molecule has 168 valence electrons. The van der Waals surface area contributed by atoms with Crippen LogP contribution >= 0.6 is 34.8 Å². The van der Waals surface area contributed by atoms with Crippen molar-refractivity contribution < 1.29 is 125 Å². The van der Waals surface area contributed by atoms with Crippen molar-refractivity contribution in [2.24, 2.45) is 0 Å². The van der Waals surface area contributed by atoms with Crippen LogP contribution in [0, 0.1) is 45.1 Å². The van der Waals surface area contributed by atoms with E-state index in [1.165, 1.54) is 24.1 Å². The monoisotopic (exact) mass is 567 g/mol. The van der Waals surface area contributed by atoms with E-state index in [-0.39, 0.29) is 128 Å². The molecule has 0 fully saturated rings. The SMILES string of the molecule is C.CN(C)C(Cl)(Cl)N(C)C.CN(C)C(Cl)=[N+](C)C.N#CC#N.N#C[B-]C#N.O.[Cl-].[K+].[K+]. The van der Waals surface area contributed by atoms with E-state index < -0.39 is 4.58 Å². The van der Waals surface area contributed by atoms with E-state index in [1.54, 1.807) is 9.80 Å². The Morgan fingerprint density at radius 3 is 1.10 bits per heavy atom. The molecular formula is C15H30BCl4K2N8O+. The molecule has 0 heterocycles. The molecular weight excluding hydrogens is 539 g/mol. The normalized spacial score (nSPS) is 7.13. The largest absolute Gasteiger partial charge is 1.00 e. The Morgan fingerprint density at radius 1 is 0.839 bits per heavy atom. The predicted molar refractivity (Wildman–Crippen MR) is 117 cm³/mol. The van der Waals surface area contributed by atoms with Gasteiger partial charge in [0.05, 0.1) is 28.2 Å². The van der Waals surface area contributed by atoms with Gasteiger partial charge in [0.25, 0.3) is 0 Å². The molecule has 9 nitrogen and oxygen atoms in total. The fourth-order valence-corrected chi connectivity index (χ4v) is 0.829. The Kier molecular flexibility index (Phi) is 73.8. The van der Waals surface area contributed by atoms with Crippen LogP contribution < -0.4 is 115 Å². The molecule has 0 aromatic heterocycles. The maximum Gasteiger partial charge on any atom is 1.00 e. The molecule has 0 amide bonds. The van der Waals surface area contributed by atoms with E-state index in [0.717, 1.165) is 12.6 Å². The van der Waals surface area contributed by atoms with Crippen LogP contribution in [0.2, 0.25) is 0 Å². The fourth-order valence-electron chi connectivity index (χ4n) is 0.829. The Balaban J connectivity index is -0.0000000293. The molecule has 0 saturated heterocycles. The average molecular weight is 569 g/mol. The summed E-state index contributed by atoms with van der Waals surface area (Å²) in [5, 5.41) is 30.3. The van der Waals surface area contributed by atoms with Crippen LogP contribution in [0.4, 0.5) is 0 Å². The van der Waals surface area contributed by atoms with Crippen molar-refractivity contribution >= 4 is 47.4 Å². The maximum atomic E-state index is 7.54. The van der Waals surface area contributed by atoms with E-state index in [9.17, 15) is 0 Å². The van der Waals surface area contributed by atoms with Crippen molar-refractivity contribution in [3.05, 3.63) is 0 Å². The van der Waals surface area contributed by atoms with E-state index in [2.05, 4.69) is 0 Å². The van der Waals surface area contributed by atoms with Gasteiger partial charge in [0.1, 0.15) is 0 Å². The quantitative estimate of drug-likeness (QED) is 0.0613. The second-order valence-corrected chi connectivity index (χ2v) is 6.57. The van der Waals surface area contributed by atoms with E-state index >= 15 is 0 Å². The molecule has 0 unspecified atom stereocenters. The molecule has 0 aliphatic heterocycles. The number of nitriles is 4. The van der Waals surface area contributed by atoms with Crippen LogP contribution in [0.15, 0.2) is 0 Å². The first-order valence-electron chi connectivity index (χ1n) is 6.76. The topological polar surface area (TPSA) is 139 Å². The zero-order valence-electron chi connectivity index (χ0n) is 19.2. The van der Waals surface area contributed by atoms with E-state index in [1.807, 2.05) is 65.9 Å². The molecule has 0 aromatic carbocycles. The first-order valence-corrected chi connectivity index (χ1v) is 7.89. The summed E-state index contributed by atoms with van der Waals surface area (Å²) in [6.45, 7) is 0. The molecule has 0 atom stereocenters. The number of nitrogens with zero attached hydrogens (tertiary/aromatic N) is 8. The minimum Gasteiger partial charge on any atom is -1.00 e. The third-order valence-electron chi connectivity index (χ3n) is 1.99. The Hall–Kier alpha value is 1.81. The molecule has 16 heteroatoms. The van der Waals surface area contributed by atoms with Crippen LogP contribution in [-0.2, 0) is 0 Å². The molecule has 0 saturated carbocycles. The smallest absolute Gasteiger partial charge is 1.00 e. The van der Waals surface area contributed by atoms with Gasteiger partial charge in [-0.25, -0.2) is 11.9 Å². The Labute approximate surface area is 295 Å². The zero-order chi connectivity index (χ0) is 21.9. The number of hydrogen-bond acceptors (Lipinski definition) is 6. The molecule has 0 spiro atoms. The number of halogens is 4. The number of amidine groups is 1. The van der Waals surface area contributed by atoms with Gasteiger partial charge in [-0.3, -0.25) is 29.8 Å². The summed E-state index contributed by atoms with van der Waals surface area (Å²) in [5.74, 6) is 3.06. The van der Waals surface area contributed by atoms with Gasteiger partial charge in [0.15, 0.2) is 12.1 Å². The summed E-state index contributed by atoms with van der Waals surface area (Å²) in [5.41, 5.74) is 0. The van der Waals surface area contributed by atoms with E-state index in [0.29, 0.717) is 0 Å². The van der Waals surface area contributed by atoms with Crippen molar-refractivity contribution in [2.75, 3.05) is 56.4 Å². The predicted octanol–water partition coefficient (Wildman–Crippen LogP) is -7.88. The van der Waals surface area contributed by atoms with Crippen molar-refractivity contribution in [3.8, 4) is 24.1 Å². The molecule has 2 radical (unpaired) electrons. The summed E-state index contributed by atoms with van der Waals surface area (Å²) < 4.78 is 0.960. The second-order valence-electron chi connectivity index (χ2n) is 4.98. The minimum atomic E-state index is -0.889. The van der Waals surface area contributed by atoms with Gasteiger partial charge >= 0.3 is 108 Å². The van der Waals surface area contributed by atoms with Gasteiger partial charge in [-0.1, -0.05) is 37.9 Å². The van der Waals surface area contributed by atoms with Crippen molar-refractivity contribution in [1.29, 1.82) is 21.0 Å². The molecule has 0 aromatic rings. The third kappa shape index (κ3) is 45.9. The minimum absolute atomic E-state index is 0. The van der Waals surface area contributed by atoms with Gasteiger partial charge < -0.3 is 17.9 Å². The van der Waals surface area contributed by atoms with Crippen LogP contribution in [0.3, 0.4) is 0 Å². The molecule has 0 aliphatic carbocycles. The molecule has 0 rings (SSSR count). The molecule has 0 bridgehead atoms. The van der Waals surface area contributed by atoms with Crippen LogP contribution in [-0.4, -0.2) is 98.3 Å². The van der Waals surface area contributed by atoms with Crippen molar-refractivity contribution in [1.82, 2.24) is 14.7 Å². The van der Waals surface area contributed by atoms with Gasteiger partial charge in [0, 0.05) is 11.6 Å². The zero-order valence-corrected chi connectivity index (χ0v) is 28.4. The van der Waals surface area contributed by atoms with Crippen LogP contribution in [0.5, 0.6) is 0 Å². The molecule has 0 aliphatic rings. The van der Waals surface area contributed by atoms with Gasteiger partial charge in [-0.15, -0.1) is 0 Å². The van der Waals surface area contributed by atoms with Gasteiger partial charge in [-0.05, 0) is 28.2 Å². The van der Waals surface area contributed by atoms with Gasteiger partial charge in [0.2, 0.25) is 4.58 Å². The second kappa shape index (κ2) is 39.0. The van der Waals surface area contributed by atoms with Crippen molar-refractivity contribution in [2.45, 2.75) is 12.0 Å². The Morgan fingerprint density at radius 2 is 1.10 bits per heavy atom. The summed E-state index contributed by atoms with van der Waals surface area (Å²) in [4.78, 5) is 5.29. The average Bonchev–Trinajstić information content (AvgIpc) is 2.55. The first kappa shape index (κ1) is 58.6. The first-order chi connectivity index (χ1) is 11.8. The maximum absolute atomic E-state index is 7.54. The standard InChI is InChI=1S/C5H12Cl2N2.C5H12ClN2.C2BN2.C2N2.CH4.ClH.2K.H2O/c1-8(2)5(6,7)9(3)4;1-7(2)5(6)8(3)4;4-1-3-2-5;3-1-2-4;;;;;/h1-4H3;1-4H3;;;1H4;1H;;;1H2/q;+1;-1;;;;2*+1;/p-1. The number of hydrogen-bond donors (Lipinski definition) is 0. The number of rotatable bonds is 2. The number of alkyl halides is 2. The third-order valence-corrected chi connectivity index (χ3v) is 4.02. The van der Waals surface area contributed by atoms with Crippen molar-refractivity contribution in [3.63, 3.8) is 0 Å². The summed E-state index contributed by atoms with van der Waals surface area (Å²) in [6.07, 6.45) is 0. The molecule has 2 N–H and O–H groups in total. The van der Waals surface area contributed by atoms with E-state index in [4.69, 9.17) is 55.9 Å². The van der Waals surface area contributed by atoms with Gasteiger partial charge in [-0.2, -0.15) is 10.5 Å².